The van der Waals surface area contributed by atoms with Crippen LogP contribution >= 0.6 is 11.3 Å². The lowest BCUT2D eigenvalue weighted by molar-refractivity contribution is -0.126. The molecule has 0 aromatic carbocycles. The van der Waals surface area contributed by atoms with Crippen LogP contribution in [0.4, 0.5) is 0 Å². The number of hydrogen-bond acceptors (Lipinski definition) is 4. The molecule has 1 aliphatic carbocycles. The molecule has 1 fully saturated rings. The van der Waals surface area contributed by atoms with Gasteiger partial charge in [0.25, 0.3) is 5.91 Å². The second-order valence-electron chi connectivity index (χ2n) is 5.87. The van der Waals surface area contributed by atoms with Gasteiger partial charge < -0.3 is 16.0 Å². The number of nitrogens with one attached hydrogen (secondary N) is 3. The molecule has 1 saturated carbocycles. The Labute approximate surface area is 140 Å². The first-order valence-corrected chi connectivity index (χ1v) is 8.82. The van der Waals surface area contributed by atoms with Crippen molar-refractivity contribution >= 4 is 29.1 Å². The van der Waals surface area contributed by atoms with Gasteiger partial charge in [0.05, 0.1) is 18.0 Å². The lowest BCUT2D eigenvalue weighted by atomic mass is 9.86. The molecule has 0 unspecified atom stereocenters. The maximum Gasteiger partial charge on any atom is 0.261 e. The first kappa shape index (κ1) is 17.5. The largest absolute Gasteiger partial charge is 0.352 e. The van der Waals surface area contributed by atoms with Crippen molar-refractivity contribution in [1.82, 2.24) is 16.0 Å². The third-order valence-electron chi connectivity index (χ3n) is 4.06. The fourth-order valence-electron chi connectivity index (χ4n) is 2.69. The second-order valence-corrected chi connectivity index (χ2v) is 6.82. The Morgan fingerprint density at radius 2 is 1.87 bits per heavy atom. The molecule has 6 nitrogen and oxygen atoms in total. The van der Waals surface area contributed by atoms with Gasteiger partial charge in [0.2, 0.25) is 11.8 Å². The zero-order chi connectivity index (χ0) is 16.7. The van der Waals surface area contributed by atoms with Crippen LogP contribution in [0.3, 0.4) is 0 Å². The van der Waals surface area contributed by atoms with Crippen molar-refractivity contribution in [3.05, 3.63) is 22.4 Å². The quantitative estimate of drug-likeness (QED) is 0.731. The SMILES string of the molecule is C[C@H]1CCCC[C@H]1NC(=O)CNC(=O)CNC(=O)c1cccs1. The number of carbonyl (C=O) groups is 3. The molecule has 0 radical (unpaired) electrons. The van der Waals surface area contributed by atoms with Gasteiger partial charge in [-0.15, -0.1) is 11.3 Å². The Kier molecular flexibility index (Phi) is 6.58. The summed E-state index contributed by atoms with van der Waals surface area (Å²) >= 11 is 1.31. The number of rotatable bonds is 6. The average Bonchev–Trinajstić information content (AvgIpc) is 3.07. The highest BCUT2D eigenvalue weighted by molar-refractivity contribution is 7.12. The van der Waals surface area contributed by atoms with E-state index in [9.17, 15) is 14.4 Å². The summed E-state index contributed by atoms with van der Waals surface area (Å²) in [4.78, 5) is 35.8. The molecular formula is C16H23N3O3S. The smallest absolute Gasteiger partial charge is 0.261 e. The molecule has 3 N–H and O–H groups in total. The Bertz CT molecular complexity index is 545. The minimum atomic E-state index is -0.373. The Morgan fingerprint density at radius 3 is 2.57 bits per heavy atom. The summed E-state index contributed by atoms with van der Waals surface area (Å²) in [6, 6.07) is 3.67. The van der Waals surface area contributed by atoms with E-state index in [1.165, 1.54) is 17.8 Å². The van der Waals surface area contributed by atoms with Crippen molar-refractivity contribution in [1.29, 1.82) is 0 Å². The van der Waals surface area contributed by atoms with Gasteiger partial charge in [0.1, 0.15) is 0 Å². The van der Waals surface area contributed by atoms with Crippen LogP contribution in [-0.2, 0) is 9.59 Å². The van der Waals surface area contributed by atoms with Crippen molar-refractivity contribution in [3.8, 4) is 0 Å². The number of hydrogen-bond donors (Lipinski definition) is 3. The third-order valence-corrected chi connectivity index (χ3v) is 4.93. The molecule has 23 heavy (non-hydrogen) atoms. The highest BCUT2D eigenvalue weighted by atomic mass is 32.1. The van der Waals surface area contributed by atoms with E-state index in [-0.39, 0.29) is 36.9 Å². The van der Waals surface area contributed by atoms with Gasteiger partial charge in [-0.25, -0.2) is 0 Å². The van der Waals surface area contributed by atoms with Crippen molar-refractivity contribution in [2.45, 2.75) is 38.6 Å². The van der Waals surface area contributed by atoms with E-state index in [0.717, 1.165) is 19.3 Å². The average molecular weight is 337 g/mol. The maximum absolute atomic E-state index is 11.9. The normalized spacial score (nSPS) is 20.6. The van der Waals surface area contributed by atoms with Crippen LogP contribution in [0, 0.1) is 5.92 Å². The highest BCUT2D eigenvalue weighted by Crippen LogP contribution is 2.23. The zero-order valence-electron chi connectivity index (χ0n) is 13.3. The van der Waals surface area contributed by atoms with Crippen LogP contribution in [0.1, 0.15) is 42.3 Å². The molecule has 1 aromatic heterocycles. The molecule has 1 aliphatic rings. The van der Waals surface area contributed by atoms with Gasteiger partial charge in [0.15, 0.2) is 0 Å². The summed E-state index contributed by atoms with van der Waals surface area (Å²) < 4.78 is 0. The molecular weight excluding hydrogens is 314 g/mol. The lowest BCUT2D eigenvalue weighted by Crippen LogP contribution is -2.47. The third kappa shape index (κ3) is 5.67. The lowest BCUT2D eigenvalue weighted by Gasteiger charge is -2.29. The Hall–Kier alpha value is -1.89. The van der Waals surface area contributed by atoms with Gasteiger partial charge in [-0.3, -0.25) is 14.4 Å². The van der Waals surface area contributed by atoms with Crippen LogP contribution in [0.15, 0.2) is 17.5 Å². The summed E-state index contributed by atoms with van der Waals surface area (Å²) in [6.45, 7) is 1.95. The van der Waals surface area contributed by atoms with Crippen LogP contribution in [0.25, 0.3) is 0 Å². The van der Waals surface area contributed by atoms with E-state index < -0.39 is 0 Å². The van der Waals surface area contributed by atoms with Gasteiger partial charge in [-0.2, -0.15) is 0 Å². The molecule has 0 aliphatic heterocycles. The molecule has 126 valence electrons. The van der Waals surface area contributed by atoms with E-state index >= 15 is 0 Å². The minimum absolute atomic E-state index is 0.0586. The molecule has 3 amide bonds. The van der Waals surface area contributed by atoms with Crippen LogP contribution in [0.5, 0.6) is 0 Å². The molecule has 2 rings (SSSR count). The van der Waals surface area contributed by atoms with E-state index in [0.29, 0.717) is 10.8 Å². The molecule has 7 heteroatoms. The molecule has 1 heterocycles. The van der Waals surface area contributed by atoms with Crippen LogP contribution in [0.2, 0.25) is 0 Å². The fourth-order valence-corrected chi connectivity index (χ4v) is 3.33. The van der Waals surface area contributed by atoms with Crippen molar-refractivity contribution < 1.29 is 14.4 Å². The Balaban J connectivity index is 1.63. The van der Waals surface area contributed by atoms with E-state index in [1.807, 2.05) is 0 Å². The fraction of sp³-hybridized carbons (Fsp3) is 0.562. The molecule has 0 saturated heterocycles. The predicted molar refractivity (Wildman–Crippen MR) is 89.2 cm³/mol. The van der Waals surface area contributed by atoms with Gasteiger partial charge in [-0.05, 0) is 30.2 Å². The van der Waals surface area contributed by atoms with Crippen LogP contribution < -0.4 is 16.0 Å². The second kappa shape index (κ2) is 8.67. The maximum atomic E-state index is 11.9. The van der Waals surface area contributed by atoms with Crippen molar-refractivity contribution in [2.75, 3.05) is 13.1 Å². The van der Waals surface area contributed by atoms with Crippen LogP contribution in [-0.4, -0.2) is 36.9 Å². The van der Waals surface area contributed by atoms with E-state index in [1.54, 1.807) is 17.5 Å². The first-order chi connectivity index (χ1) is 11.1. The molecule has 0 bridgehead atoms. The Morgan fingerprint density at radius 1 is 1.13 bits per heavy atom. The van der Waals surface area contributed by atoms with E-state index in [2.05, 4.69) is 22.9 Å². The number of carbonyl (C=O) groups excluding carboxylic acids is 3. The topological polar surface area (TPSA) is 87.3 Å². The molecule has 0 spiro atoms. The molecule has 2 atom stereocenters. The number of thiophene rings is 1. The zero-order valence-corrected chi connectivity index (χ0v) is 14.1. The first-order valence-electron chi connectivity index (χ1n) is 7.94. The monoisotopic (exact) mass is 337 g/mol. The standard InChI is InChI=1S/C16H23N3O3S/c1-11-5-2-3-6-12(11)19-15(21)10-17-14(20)9-18-16(22)13-7-4-8-23-13/h4,7-8,11-12H,2-3,5-6,9-10H2,1H3,(H,17,20)(H,18,22)(H,19,21)/t11-,12+/m0/s1. The summed E-state index contributed by atoms with van der Waals surface area (Å²) in [5.74, 6) is -0.354. The minimum Gasteiger partial charge on any atom is -0.352 e. The predicted octanol–water partition coefficient (Wildman–Crippen LogP) is 1.29. The summed E-state index contributed by atoms with van der Waals surface area (Å²) in [7, 11) is 0. The van der Waals surface area contributed by atoms with Gasteiger partial charge >= 0.3 is 0 Å². The van der Waals surface area contributed by atoms with E-state index in [4.69, 9.17) is 0 Å². The number of amides is 3. The highest BCUT2D eigenvalue weighted by Gasteiger charge is 2.22. The summed E-state index contributed by atoms with van der Waals surface area (Å²) in [5, 5.41) is 9.82. The van der Waals surface area contributed by atoms with Crippen molar-refractivity contribution in [3.63, 3.8) is 0 Å². The summed E-state index contributed by atoms with van der Waals surface area (Å²) in [6.07, 6.45) is 4.48. The van der Waals surface area contributed by atoms with Gasteiger partial charge in [-0.1, -0.05) is 25.8 Å². The summed E-state index contributed by atoms with van der Waals surface area (Å²) in [5.41, 5.74) is 0. The van der Waals surface area contributed by atoms with Crippen molar-refractivity contribution in [2.24, 2.45) is 5.92 Å². The van der Waals surface area contributed by atoms with Gasteiger partial charge in [0, 0.05) is 6.04 Å². The molecule has 1 aromatic rings.